The van der Waals surface area contributed by atoms with Crippen molar-refractivity contribution in [3.8, 4) is 11.5 Å². The number of primary amides is 1. The number of benzene rings is 1. The van der Waals surface area contributed by atoms with Gasteiger partial charge in [-0.1, -0.05) is 13.0 Å². The van der Waals surface area contributed by atoms with E-state index in [4.69, 9.17) is 15.2 Å². The Labute approximate surface area is 107 Å². The van der Waals surface area contributed by atoms with E-state index in [0.717, 1.165) is 25.1 Å². The number of methoxy groups -OCH3 is 1. The third kappa shape index (κ3) is 4.63. The normalized spacial score (nSPS) is 10.1. The van der Waals surface area contributed by atoms with Gasteiger partial charge in [0.15, 0.2) is 18.1 Å². The molecule has 0 unspecified atom stereocenters. The molecule has 3 N–H and O–H groups in total. The monoisotopic (exact) mass is 252 g/mol. The minimum absolute atomic E-state index is 0.149. The fraction of sp³-hybridized carbons (Fsp3) is 0.462. The molecule has 5 heteroatoms. The van der Waals surface area contributed by atoms with Gasteiger partial charge >= 0.3 is 0 Å². The number of nitrogens with two attached hydrogens (primary N) is 1. The molecule has 5 nitrogen and oxygen atoms in total. The molecule has 0 aromatic heterocycles. The third-order valence-electron chi connectivity index (χ3n) is 2.35. The number of hydrogen-bond acceptors (Lipinski definition) is 4. The lowest BCUT2D eigenvalue weighted by atomic mass is 10.2. The van der Waals surface area contributed by atoms with Crippen molar-refractivity contribution >= 4 is 5.91 Å². The second-order valence-electron chi connectivity index (χ2n) is 3.92. The molecule has 0 atom stereocenters. The van der Waals surface area contributed by atoms with Crippen LogP contribution in [0, 0.1) is 0 Å². The van der Waals surface area contributed by atoms with Gasteiger partial charge in [-0.25, -0.2) is 0 Å². The quantitative estimate of drug-likeness (QED) is 0.678. The van der Waals surface area contributed by atoms with Crippen LogP contribution in [0.4, 0.5) is 0 Å². The van der Waals surface area contributed by atoms with E-state index in [1.165, 1.54) is 0 Å². The Kier molecular flexibility index (Phi) is 6.00. The van der Waals surface area contributed by atoms with E-state index >= 15 is 0 Å². The lowest BCUT2D eigenvalue weighted by Gasteiger charge is -2.11. The zero-order valence-electron chi connectivity index (χ0n) is 10.9. The molecule has 0 bridgehead atoms. The molecule has 1 amide bonds. The van der Waals surface area contributed by atoms with E-state index in [1.54, 1.807) is 13.2 Å². The zero-order chi connectivity index (χ0) is 13.4. The van der Waals surface area contributed by atoms with Crippen LogP contribution in [0.15, 0.2) is 18.2 Å². The van der Waals surface area contributed by atoms with Gasteiger partial charge in [-0.05, 0) is 30.7 Å². The summed E-state index contributed by atoms with van der Waals surface area (Å²) in [6.07, 6.45) is 1.09. The summed E-state index contributed by atoms with van der Waals surface area (Å²) < 4.78 is 10.5. The molecular formula is C13H20N2O3. The third-order valence-corrected chi connectivity index (χ3v) is 2.35. The molecule has 0 spiro atoms. The first-order chi connectivity index (χ1) is 8.67. The van der Waals surface area contributed by atoms with Gasteiger partial charge in [0.1, 0.15) is 0 Å². The van der Waals surface area contributed by atoms with Crippen molar-refractivity contribution in [3.63, 3.8) is 0 Å². The summed E-state index contributed by atoms with van der Waals surface area (Å²) in [6, 6.07) is 5.60. The van der Waals surface area contributed by atoms with E-state index in [1.807, 2.05) is 12.1 Å². The summed E-state index contributed by atoms with van der Waals surface area (Å²) in [7, 11) is 1.57. The molecule has 0 aliphatic carbocycles. The van der Waals surface area contributed by atoms with E-state index in [2.05, 4.69) is 12.2 Å². The molecule has 1 rings (SSSR count). The predicted molar refractivity (Wildman–Crippen MR) is 69.7 cm³/mol. The highest BCUT2D eigenvalue weighted by Gasteiger charge is 2.06. The smallest absolute Gasteiger partial charge is 0.255 e. The van der Waals surface area contributed by atoms with Crippen LogP contribution >= 0.6 is 0 Å². The SMILES string of the molecule is CCCNCc1ccc(OCC(N)=O)c(OC)c1. The second-order valence-corrected chi connectivity index (χ2v) is 3.92. The molecule has 0 heterocycles. The van der Waals surface area contributed by atoms with E-state index < -0.39 is 5.91 Å². The number of amides is 1. The largest absolute Gasteiger partial charge is 0.493 e. The Balaban J connectivity index is 2.67. The molecule has 1 aromatic carbocycles. The van der Waals surface area contributed by atoms with Gasteiger partial charge in [0, 0.05) is 6.54 Å². The van der Waals surface area contributed by atoms with Crippen molar-refractivity contribution in [2.24, 2.45) is 5.73 Å². The Morgan fingerprint density at radius 3 is 2.78 bits per heavy atom. The van der Waals surface area contributed by atoms with Gasteiger partial charge in [-0.15, -0.1) is 0 Å². The highest BCUT2D eigenvalue weighted by atomic mass is 16.5. The molecule has 0 fully saturated rings. The minimum Gasteiger partial charge on any atom is -0.493 e. The van der Waals surface area contributed by atoms with Crippen molar-refractivity contribution in [2.45, 2.75) is 19.9 Å². The van der Waals surface area contributed by atoms with Crippen molar-refractivity contribution in [3.05, 3.63) is 23.8 Å². The van der Waals surface area contributed by atoms with E-state index in [9.17, 15) is 4.79 Å². The van der Waals surface area contributed by atoms with Gasteiger partial charge in [0.2, 0.25) is 0 Å². The van der Waals surface area contributed by atoms with Gasteiger partial charge in [0.25, 0.3) is 5.91 Å². The summed E-state index contributed by atoms with van der Waals surface area (Å²) in [5.74, 6) is 0.619. The summed E-state index contributed by atoms with van der Waals surface area (Å²) >= 11 is 0. The minimum atomic E-state index is -0.509. The van der Waals surface area contributed by atoms with Gasteiger partial charge in [0.05, 0.1) is 7.11 Å². The van der Waals surface area contributed by atoms with Crippen LogP contribution < -0.4 is 20.5 Å². The van der Waals surface area contributed by atoms with Crippen molar-refractivity contribution in [1.82, 2.24) is 5.32 Å². The van der Waals surface area contributed by atoms with Crippen LogP contribution in [0.3, 0.4) is 0 Å². The number of rotatable bonds is 8. The molecule has 0 saturated heterocycles. The van der Waals surface area contributed by atoms with Crippen LogP contribution in [0.1, 0.15) is 18.9 Å². The number of hydrogen-bond donors (Lipinski definition) is 2. The molecule has 0 radical (unpaired) electrons. The Bertz CT molecular complexity index is 394. The lowest BCUT2D eigenvalue weighted by molar-refractivity contribution is -0.119. The fourth-order valence-electron chi connectivity index (χ4n) is 1.50. The number of nitrogens with one attached hydrogen (secondary N) is 1. The molecule has 0 aliphatic rings. The van der Waals surface area contributed by atoms with Crippen molar-refractivity contribution in [1.29, 1.82) is 0 Å². The average Bonchev–Trinajstić information content (AvgIpc) is 2.37. The summed E-state index contributed by atoms with van der Waals surface area (Å²) in [5.41, 5.74) is 6.13. The lowest BCUT2D eigenvalue weighted by Crippen LogP contribution is -2.20. The number of ether oxygens (including phenoxy) is 2. The summed E-state index contributed by atoms with van der Waals surface area (Å²) in [6.45, 7) is 3.72. The molecule has 18 heavy (non-hydrogen) atoms. The van der Waals surface area contributed by atoms with Crippen LogP contribution in [0.5, 0.6) is 11.5 Å². The van der Waals surface area contributed by atoms with Gasteiger partial charge in [-0.3, -0.25) is 4.79 Å². The predicted octanol–water partition coefficient (Wildman–Crippen LogP) is 1.06. The van der Waals surface area contributed by atoms with Crippen molar-refractivity contribution < 1.29 is 14.3 Å². The van der Waals surface area contributed by atoms with E-state index in [-0.39, 0.29) is 6.61 Å². The van der Waals surface area contributed by atoms with Crippen LogP contribution in [-0.4, -0.2) is 26.2 Å². The molecular weight excluding hydrogens is 232 g/mol. The summed E-state index contributed by atoms with van der Waals surface area (Å²) in [4.78, 5) is 10.7. The topological polar surface area (TPSA) is 73.6 Å². The second kappa shape index (κ2) is 7.55. The van der Waals surface area contributed by atoms with Crippen LogP contribution in [-0.2, 0) is 11.3 Å². The zero-order valence-corrected chi connectivity index (χ0v) is 10.9. The van der Waals surface area contributed by atoms with Crippen LogP contribution in [0.2, 0.25) is 0 Å². The first-order valence-corrected chi connectivity index (χ1v) is 5.96. The number of carbonyl (C=O) groups excluding carboxylic acids is 1. The molecule has 0 aliphatic heterocycles. The Morgan fingerprint density at radius 2 is 2.17 bits per heavy atom. The first-order valence-electron chi connectivity index (χ1n) is 5.96. The summed E-state index contributed by atoms with van der Waals surface area (Å²) in [5, 5.41) is 3.30. The van der Waals surface area contributed by atoms with Gasteiger partial charge < -0.3 is 20.5 Å². The Morgan fingerprint density at radius 1 is 1.39 bits per heavy atom. The highest BCUT2D eigenvalue weighted by Crippen LogP contribution is 2.27. The molecule has 100 valence electrons. The maximum absolute atomic E-state index is 10.7. The Hall–Kier alpha value is -1.75. The number of carbonyl (C=O) groups is 1. The van der Waals surface area contributed by atoms with E-state index in [0.29, 0.717) is 11.5 Å². The van der Waals surface area contributed by atoms with Crippen molar-refractivity contribution in [2.75, 3.05) is 20.3 Å². The highest BCUT2D eigenvalue weighted by molar-refractivity contribution is 5.75. The van der Waals surface area contributed by atoms with Crippen LogP contribution in [0.25, 0.3) is 0 Å². The maximum Gasteiger partial charge on any atom is 0.255 e. The fourth-order valence-corrected chi connectivity index (χ4v) is 1.50. The average molecular weight is 252 g/mol. The first kappa shape index (κ1) is 14.3. The standard InChI is InChI=1S/C13H20N2O3/c1-3-6-15-8-10-4-5-11(12(7-10)17-2)18-9-13(14)16/h4-5,7,15H,3,6,8-9H2,1-2H3,(H2,14,16). The molecule has 1 aromatic rings. The van der Waals surface area contributed by atoms with Gasteiger partial charge in [-0.2, -0.15) is 0 Å². The maximum atomic E-state index is 10.7. The molecule has 0 saturated carbocycles.